The molecule has 0 aliphatic carbocycles. The summed E-state index contributed by atoms with van der Waals surface area (Å²) in [5.74, 6) is -0.256. The molecule has 14 heteroatoms. The smallest absolute Gasteiger partial charge is 0.246 e. The molecule has 4 amide bonds. The van der Waals surface area contributed by atoms with Crippen molar-refractivity contribution in [3.05, 3.63) is 70.1 Å². The van der Waals surface area contributed by atoms with Crippen LogP contribution in [0.3, 0.4) is 0 Å². The number of aromatic nitrogens is 2. The van der Waals surface area contributed by atoms with Crippen LogP contribution < -0.4 is 10.6 Å². The molecule has 0 saturated carbocycles. The number of carbonyl (C=O) groups is 4. The molecule has 3 aromatic heterocycles. The monoisotopic (exact) mass is 811 g/mol. The van der Waals surface area contributed by atoms with Gasteiger partial charge in [-0.25, -0.2) is 4.98 Å². The van der Waals surface area contributed by atoms with Crippen LogP contribution in [0.25, 0.3) is 26.1 Å². The van der Waals surface area contributed by atoms with E-state index in [0.29, 0.717) is 19.5 Å². The number of thiophene rings is 2. The third-order valence-corrected chi connectivity index (χ3v) is 13.7. The quantitative estimate of drug-likeness (QED) is 0.118. The van der Waals surface area contributed by atoms with Crippen LogP contribution in [0.15, 0.2) is 52.4 Å². The van der Waals surface area contributed by atoms with Gasteiger partial charge in [-0.3, -0.25) is 24.2 Å². The largest absolute Gasteiger partial charge is 0.387 e. The lowest BCUT2D eigenvalue weighted by atomic mass is 9.96. The van der Waals surface area contributed by atoms with Crippen LogP contribution in [0.5, 0.6) is 0 Å². The van der Waals surface area contributed by atoms with Crippen LogP contribution in [-0.4, -0.2) is 92.0 Å². The van der Waals surface area contributed by atoms with Crippen molar-refractivity contribution in [2.75, 3.05) is 19.7 Å². The molecule has 4 N–H and O–H groups in total. The molecule has 0 spiro atoms. The number of nitrogens with zero attached hydrogens (tertiary/aromatic N) is 4. The number of rotatable bonds is 14. The van der Waals surface area contributed by atoms with E-state index in [1.165, 1.54) is 33.0 Å². The Labute approximate surface area is 341 Å². The van der Waals surface area contributed by atoms with Crippen LogP contribution >= 0.6 is 22.7 Å². The predicted molar refractivity (Wildman–Crippen MR) is 226 cm³/mol. The zero-order valence-electron chi connectivity index (χ0n) is 33.3. The summed E-state index contributed by atoms with van der Waals surface area (Å²) in [6, 6.07) is 7.26. The van der Waals surface area contributed by atoms with Crippen molar-refractivity contribution in [3.8, 4) is 11.1 Å². The number of aromatic amines is 1. The minimum Gasteiger partial charge on any atom is -0.387 e. The van der Waals surface area contributed by atoms with Crippen molar-refractivity contribution < 1.29 is 24.3 Å². The van der Waals surface area contributed by atoms with Gasteiger partial charge in [0.15, 0.2) is 0 Å². The van der Waals surface area contributed by atoms with Gasteiger partial charge in [-0.15, -0.1) is 22.7 Å². The molecular weight excluding hydrogens is 759 g/mol. The number of hydrogen-bond donors (Lipinski definition) is 4. The Balaban J connectivity index is 0.961. The zero-order chi connectivity index (χ0) is 40.4. The standard InChI is InChI=1S/C43H53N7O5S2/c1-24(2)37(46-26(5)52)42(54)49-16-6-8-34(49)33-18-30(19-44-33)27-10-12-28(13-11-27)32-23-57-39-29(22-56-40(32)39)14-15-31-20-45-41(47-31)35-9-7-17-50(35)43(55)38(25(3)4)48-36(53)21-51/h10-13,19-20,22-25,34-35,37-38,51H,6-9,14-18,21H2,1-5H3,(H,45,47)(H,46,52)(H,48,53)/t34?,35?,37-,38-/m0/s1. The van der Waals surface area contributed by atoms with E-state index in [-0.39, 0.29) is 41.6 Å². The number of carbonyl (C=O) groups excluding carboxylic acids is 4. The maximum absolute atomic E-state index is 13.5. The summed E-state index contributed by atoms with van der Waals surface area (Å²) in [6.45, 7) is 9.80. The van der Waals surface area contributed by atoms with Crippen LogP contribution in [0.4, 0.5) is 0 Å². The number of fused-ring (bicyclic) bond motifs is 1. The van der Waals surface area contributed by atoms with Crippen LogP contribution in [-0.2, 0) is 32.0 Å². The second kappa shape index (κ2) is 17.5. The summed E-state index contributed by atoms with van der Waals surface area (Å²) < 4.78 is 2.60. The molecular formula is C43H53N7O5S2. The molecule has 4 aromatic rings. The topological polar surface area (TPSA) is 160 Å². The minimum absolute atomic E-state index is 0.00251. The fraction of sp³-hybridized carbons (Fsp3) is 0.488. The lowest BCUT2D eigenvalue weighted by molar-refractivity contribution is -0.139. The Morgan fingerprint density at radius 2 is 1.49 bits per heavy atom. The first kappa shape index (κ1) is 40.5. The minimum atomic E-state index is -0.698. The molecule has 7 rings (SSSR count). The fourth-order valence-corrected chi connectivity index (χ4v) is 10.9. The number of benzene rings is 1. The van der Waals surface area contributed by atoms with Gasteiger partial charge in [-0.1, -0.05) is 52.0 Å². The lowest BCUT2D eigenvalue weighted by Gasteiger charge is -2.31. The molecule has 4 atom stereocenters. The number of aliphatic hydroxyl groups is 1. The molecule has 6 heterocycles. The molecule has 3 aliphatic rings. The van der Waals surface area contributed by atoms with E-state index in [0.717, 1.165) is 66.9 Å². The second-order valence-corrected chi connectivity index (χ2v) is 17.9. The van der Waals surface area contributed by atoms with Gasteiger partial charge in [0, 0.05) is 65.9 Å². The van der Waals surface area contributed by atoms with E-state index in [2.05, 4.69) is 50.6 Å². The third-order valence-electron chi connectivity index (χ3n) is 11.4. The van der Waals surface area contributed by atoms with E-state index >= 15 is 0 Å². The first-order valence-corrected chi connectivity index (χ1v) is 21.8. The summed E-state index contributed by atoms with van der Waals surface area (Å²) in [7, 11) is 0. The Bertz CT molecular complexity index is 2180. The second-order valence-electron chi connectivity index (χ2n) is 16.1. The summed E-state index contributed by atoms with van der Waals surface area (Å²) in [4.78, 5) is 67.6. The third kappa shape index (κ3) is 8.63. The van der Waals surface area contributed by atoms with Crippen molar-refractivity contribution in [2.24, 2.45) is 16.8 Å². The maximum atomic E-state index is 13.5. The number of allylic oxidation sites excluding steroid dienone is 1. The number of hydrogen-bond acceptors (Lipinski definition) is 9. The molecule has 0 bridgehead atoms. The number of amides is 4. The maximum Gasteiger partial charge on any atom is 0.246 e. The average Bonchev–Trinajstić information content (AvgIpc) is 4.04. The molecule has 2 saturated heterocycles. The number of aryl methyl sites for hydroxylation is 2. The van der Waals surface area contributed by atoms with Crippen molar-refractivity contribution in [1.29, 1.82) is 0 Å². The number of likely N-dealkylation sites (tertiary alicyclic amines) is 2. The Morgan fingerprint density at radius 1 is 0.860 bits per heavy atom. The Hall–Kier alpha value is -4.66. The highest BCUT2D eigenvalue weighted by molar-refractivity contribution is 7.27. The highest BCUT2D eigenvalue weighted by Crippen LogP contribution is 2.41. The van der Waals surface area contributed by atoms with Gasteiger partial charge in [-0.05, 0) is 78.0 Å². The van der Waals surface area contributed by atoms with Crippen molar-refractivity contribution in [2.45, 2.75) is 104 Å². The number of H-pyrrole nitrogens is 1. The van der Waals surface area contributed by atoms with Gasteiger partial charge in [0.1, 0.15) is 24.5 Å². The molecule has 12 nitrogen and oxygen atoms in total. The number of imidazole rings is 1. The average molecular weight is 812 g/mol. The lowest BCUT2D eigenvalue weighted by Crippen LogP contribution is -2.53. The van der Waals surface area contributed by atoms with Crippen molar-refractivity contribution >= 4 is 67.0 Å². The molecule has 57 heavy (non-hydrogen) atoms. The van der Waals surface area contributed by atoms with Crippen molar-refractivity contribution in [3.63, 3.8) is 0 Å². The Kier molecular flexibility index (Phi) is 12.4. The highest BCUT2D eigenvalue weighted by atomic mass is 32.1. The number of aliphatic hydroxyl groups excluding tert-OH is 1. The highest BCUT2D eigenvalue weighted by Gasteiger charge is 2.39. The molecule has 3 aliphatic heterocycles. The molecule has 302 valence electrons. The van der Waals surface area contributed by atoms with Gasteiger partial charge >= 0.3 is 0 Å². The van der Waals surface area contributed by atoms with Crippen LogP contribution in [0.1, 0.15) is 95.4 Å². The summed E-state index contributed by atoms with van der Waals surface area (Å²) in [6.07, 6.45) is 9.65. The first-order valence-electron chi connectivity index (χ1n) is 20.1. The number of aliphatic imine (C=N–C) groups is 1. The number of nitrogens with one attached hydrogen (secondary N) is 3. The molecule has 0 radical (unpaired) electrons. The molecule has 2 fully saturated rings. The fourth-order valence-electron chi connectivity index (χ4n) is 8.39. The van der Waals surface area contributed by atoms with E-state index in [4.69, 9.17) is 9.98 Å². The molecule has 2 unspecified atom stereocenters. The zero-order valence-corrected chi connectivity index (χ0v) is 35.0. The summed E-state index contributed by atoms with van der Waals surface area (Å²) in [5, 5.41) is 19.3. The van der Waals surface area contributed by atoms with Gasteiger partial charge in [0.2, 0.25) is 23.6 Å². The molecule has 1 aromatic carbocycles. The van der Waals surface area contributed by atoms with E-state index in [1.807, 2.05) is 49.9 Å². The van der Waals surface area contributed by atoms with Gasteiger partial charge in [0.05, 0.1) is 16.8 Å². The van der Waals surface area contributed by atoms with E-state index in [1.54, 1.807) is 22.7 Å². The SMILES string of the molecule is CC(=O)N[C@H](C(=O)N1CCCC1C1=NC=C(c2ccc(-c3csc4c(CCc5cnc(C6CCCN6C(=O)[C@@H](NC(=O)CO)C(C)C)[nH]5)csc34)cc2)C1)C(C)C. The van der Waals surface area contributed by atoms with E-state index < -0.39 is 24.6 Å². The first-order chi connectivity index (χ1) is 27.4. The van der Waals surface area contributed by atoms with Crippen molar-refractivity contribution in [1.82, 2.24) is 30.4 Å². The van der Waals surface area contributed by atoms with E-state index in [9.17, 15) is 24.3 Å². The van der Waals surface area contributed by atoms with Gasteiger partial charge in [0.25, 0.3) is 0 Å². The Morgan fingerprint density at radius 3 is 2.16 bits per heavy atom. The summed E-state index contributed by atoms with van der Waals surface area (Å²) in [5.41, 5.74) is 8.03. The van der Waals surface area contributed by atoms with Crippen LogP contribution in [0.2, 0.25) is 0 Å². The van der Waals surface area contributed by atoms with Gasteiger partial charge in [-0.2, -0.15) is 0 Å². The predicted octanol–water partition coefficient (Wildman–Crippen LogP) is 6.27. The summed E-state index contributed by atoms with van der Waals surface area (Å²) >= 11 is 3.56. The van der Waals surface area contributed by atoms with Crippen LogP contribution in [0, 0.1) is 11.8 Å². The van der Waals surface area contributed by atoms with Gasteiger partial charge < -0.3 is 30.5 Å². The normalized spacial score (nSPS) is 19.4.